The number of rotatable bonds is 7. The van der Waals surface area contributed by atoms with E-state index in [0.29, 0.717) is 16.0 Å². The number of hydrogen-bond acceptors (Lipinski definition) is 6. The van der Waals surface area contributed by atoms with Crippen molar-refractivity contribution in [2.24, 2.45) is 0 Å². The Morgan fingerprint density at radius 3 is 2.88 bits per heavy atom. The Bertz CT molecular complexity index is 895. The topological polar surface area (TPSA) is 74.8 Å². The zero-order valence-electron chi connectivity index (χ0n) is 14.4. The fraction of sp³-hybridized carbons (Fsp3) is 0.294. The Balaban J connectivity index is 1.73. The molecule has 0 fully saturated rings. The molecule has 0 unspecified atom stereocenters. The molecule has 0 aliphatic rings. The standard InChI is InChI=1S/C17H18FN5OS2/c1-3-6-15-20-16(22-21-15)25-9-12-10-26-17(19-12)23(11(2)24)14-8-5-4-7-13(14)18/h4-5,7-8,10H,3,6,9H2,1-2H3,(H,20,21,22). The first-order chi connectivity index (χ1) is 12.6. The quantitative estimate of drug-likeness (QED) is 0.607. The maximum atomic E-state index is 14.1. The number of aromatic nitrogens is 4. The van der Waals surface area contributed by atoms with Crippen molar-refractivity contribution < 1.29 is 9.18 Å². The van der Waals surface area contributed by atoms with Gasteiger partial charge in [0.2, 0.25) is 11.1 Å². The number of aryl methyl sites for hydroxylation is 1. The normalized spacial score (nSPS) is 10.9. The fourth-order valence-corrected chi connectivity index (χ4v) is 4.03. The number of aromatic amines is 1. The molecule has 0 bridgehead atoms. The number of benzene rings is 1. The van der Waals surface area contributed by atoms with Crippen molar-refractivity contribution in [1.29, 1.82) is 0 Å². The van der Waals surface area contributed by atoms with Crippen LogP contribution in [0.3, 0.4) is 0 Å². The Morgan fingerprint density at radius 1 is 1.35 bits per heavy atom. The van der Waals surface area contributed by atoms with Crippen LogP contribution in [0.15, 0.2) is 34.8 Å². The van der Waals surface area contributed by atoms with Gasteiger partial charge in [-0.05, 0) is 18.6 Å². The van der Waals surface area contributed by atoms with E-state index in [1.807, 2.05) is 5.38 Å². The lowest BCUT2D eigenvalue weighted by Crippen LogP contribution is -2.23. The molecule has 0 saturated heterocycles. The van der Waals surface area contributed by atoms with Crippen molar-refractivity contribution in [3.8, 4) is 0 Å². The Kier molecular flexibility index (Phi) is 6.00. The largest absolute Gasteiger partial charge is 0.274 e. The summed E-state index contributed by atoms with van der Waals surface area (Å²) >= 11 is 2.77. The van der Waals surface area contributed by atoms with E-state index in [-0.39, 0.29) is 11.6 Å². The number of anilines is 2. The smallest absolute Gasteiger partial charge is 0.230 e. The molecule has 3 aromatic rings. The zero-order chi connectivity index (χ0) is 18.5. The van der Waals surface area contributed by atoms with Crippen LogP contribution in [0.5, 0.6) is 0 Å². The van der Waals surface area contributed by atoms with Gasteiger partial charge in [0.1, 0.15) is 11.6 Å². The van der Waals surface area contributed by atoms with Crippen LogP contribution in [0.4, 0.5) is 15.2 Å². The highest BCUT2D eigenvalue weighted by molar-refractivity contribution is 7.98. The summed E-state index contributed by atoms with van der Waals surface area (Å²) in [6.45, 7) is 3.48. The summed E-state index contributed by atoms with van der Waals surface area (Å²) in [4.78, 5) is 22.2. The second-order valence-corrected chi connectivity index (χ2v) is 7.31. The average Bonchev–Trinajstić information content (AvgIpc) is 3.25. The molecular formula is C17H18FN5OS2. The van der Waals surface area contributed by atoms with E-state index in [0.717, 1.165) is 24.4 Å². The first-order valence-corrected chi connectivity index (χ1v) is 9.98. The maximum Gasteiger partial charge on any atom is 0.230 e. The minimum atomic E-state index is -0.460. The van der Waals surface area contributed by atoms with Gasteiger partial charge >= 0.3 is 0 Å². The molecule has 0 radical (unpaired) electrons. The number of hydrogen-bond donors (Lipinski definition) is 1. The molecule has 6 nitrogen and oxygen atoms in total. The lowest BCUT2D eigenvalue weighted by molar-refractivity contribution is -0.115. The van der Waals surface area contributed by atoms with Crippen LogP contribution >= 0.6 is 23.1 Å². The summed E-state index contributed by atoms with van der Waals surface area (Å²) in [5.41, 5.74) is 0.992. The number of para-hydroxylation sites is 1. The Labute approximate surface area is 158 Å². The van der Waals surface area contributed by atoms with Crippen molar-refractivity contribution in [2.45, 2.75) is 37.6 Å². The molecule has 26 heavy (non-hydrogen) atoms. The van der Waals surface area contributed by atoms with E-state index in [4.69, 9.17) is 0 Å². The lowest BCUT2D eigenvalue weighted by atomic mass is 10.3. The van der Waals surface area contributed by atoms with Crippen molar-refractivity contribution in [2.75, 3.05) is 4.90 Å². The van der Waals surface area contributed by atoms with E-state index in [1.165, 1.54) is 41.0 Å². The zero-order valence-corrected chi connectivity index (χ0v) is 16.0. The molecule has 9 heteroatoms. The van der Waals surface area contributed by atoms with Gasteiger partial charge in [0.05, 0.1) is 11.4 Å². The summed E-state index contributed by atoms with van der Waals surface area (Å²) in [5.74, 6) is 0.694. The number of H-pyrrole nitrogens is 1. The number of nitrogens with zero attached hydrogens (tertiary/aromatic N) is 4. The van der Waals surface area contributed by atoms with Crippen LogP contribution in [0.1, 0.15) is 31.8 Å². The van der Waals surface area contributed by atoms with Crippen LogP contribution in [-0.4, -0.2) is 26.1 Å². The van der Waals surface area contributed by atoms with Crippen LogP contribution in [0.25, 0.3) is 0 Å². The van der Waals surface area contributed by atoms with Gasteiger partial charge in [0, 0.05) is 24.5 Å². The van der Waals surface area contributed by atoms with E-state index in [9.17, 15) is 9.18 Å². The molecule has 0 atom stereocenters. The summed E-state index contributed by atoms with van der Waals surface area (Å²) < 4.78 is 14.1. The van der Waals surface area contributed by atoms with E-state index >= 15 is 0 Å². The van der Waals surface area contributed by atoms with Crippen LogP contribution < -0.4 is 4.90 Å². The maximum absolute atomic E-state index is 14.1. The molecule has 1 amide bonds. The molecule has 2 heterocycles. The van der Waals surface area contributed by atoms with Gasteiger partial charge in [-0.15, -0.1) is 16.4 Å². The van der Waals surface area contributed by atoms with Gasteiger partial charge in [0.15, 0.2) is 5.13 Å². The molecule has 0 spiro atoms. The number of carbonyl (C=O) groups is 1. The van der Waals surface area contributed by atoms with Gasteiger partial charge in [-0.2, -0.15) is 0 Å². The number of thioether (sulfide) groups is 1. The van der Waals surface area contributed by atoms with Crippen LogP contribution in [0, 0.1) is 5.82 Å². The lowest BCUT2D eigenvalue weighted by Gasteiger charge is -2.18. The van der Waals surface area contributed by atoms with E-state index in [1.54, 1.807) is 18.2 Å². The fourth-order valence-electron chi connectivity index (χ4n) is 2.34. The third-order valence-corrected chi connectivity index (χ3v) is 5.24. The van der Waals surface area contributed by atoms with Crippen molar-refractivity contribution >= 4 is 39.8 Å². The van der Waals surface area contributed by atoms with E-state index < -0.39 is 5.82 Å². The number of amides is 1. The minimum Gasteiger partial charge on any atom is -0.274 e. The molecule has 0 saturated carbocycles. The molecule has 2 aromatic heterocycles. The van der Waals surface area contributed by atoms with Gasteiger partial charge < -0.3 is 0 Å². The van der Waals surface area contributed by atoms with Crippen molar-refractivity contribution in [1.82, 2.24) is 20.2 Å². The average molecular weight is 391 g/mol. The van der Waals surface area contributed by atoms with Gasteiger partial charge in [-0.1, -0.05) is 30.8 Å². The van der Waals surface area contributed by atoms with Gasteiger partial charge in [0.25, 0.3) is 0 Å². The highest BCUT2D eigenvalue weighted by Crippen LogP contribution is 2.32. The highest BCUT2D eigenvalue weighted by Gasteiger charge is 2.21. The van der Waals surface area contributed by atoms with Crippen molar-refractivity contribution in [3.05, 3.63) is 47.0 Å². The number of carbonyl (C=O) groups excluding carboxylic acids is 1. The number of halogens is 1. The molecular weight excluding hydrogens is 373 g/mol. The molecule has 136 valence electrons. The number of thiazole rings is 1. The summed E-state index contributed by atoms with van der Waals surface area (Å²) in [7, 11) is 0. The third kappa shape index (κ3) is 4.28. The predicted octanol–water partition coefficient (Wildman–Crippen LogP) is 4.33. The minimum absolute atomic E-state index is 0.201. The van der Waals surface area contributed by atoms with Crippen LogP contribution in [-0.2, 0) is 17.0 Å². The Hall–Kier alpha value is -2.26. The van der Waals surface area contributed by atoms with Crippen LogP contribution in [0.2, 0.25) is 0 Å². The second kappa shape index (κ2) is 8.41. The molecule has 1 N–H and O–H groups in total. The van der Waals surface area contributed by atoms with Crippen molar-refractivity contribution in [3.63, 3.8) is 0 Å². The van der Waals surface area contributed by atoms with Gasteiger partial charge in [-0.25, -0.2) is 14.4 Å². The summed E-state index contributed by atoms with van der Waals surface area (Å²) in [6, 6.07) is 6.17. The summed E-state index contributed by atoms with van der Waals surface area (Å²) in [6.07, 6.45) is 1.87. The number of nitrogens with one attached hydrogen (secondary N) is 1. The Morgan fingerprint density at radius 2 is 2.15 bits per heavy atom. The predicted molar refractivity (Wildman–Crippen MR) is 101 cm³/mol. The highest BCUT2D eigenvalue weighted by atomic mass is 32.2. The first-order valence-electron chi connectivity index (χ1n) is 8.12. The third-order valence-electron chi connectivity index (χ3n) is 3.49. The van der Waals surface area contributed by atoms with E-state index in [2.05, 4.69) is 27.1 Å². The monoisotopic (exact) mass is 391 g/mol. The molecule has 0 aliphatic carbocycles. The molecule has 0 aliphatic heterocycles. The SMILES string of the molecule is CCCc1nc(SCc2csc(N(C(C)=O)c3ccccc3F)n2)n[nH]1. The summed E-state index contributed by atoms with van der Waals surface area (Å²) in [5, 5.41) is 10.1. The first kappa shape index (κ1) is 18.5. The molecule has 1 aromatic carbocycles. The van der Waals surface area contributed by atoms with Gasteiger partial charge in [-0.3, -0.25) is 14.8 Å². The molecule has 3 rings (SSSR count). The second-order valence-electron chi connectivity index (χ2n) is 5.53.